The highest BCUT2D eigenvalue weighted by atomic mass is 35.5. The number of benzene rings is 1. The molecule has 1 aliphatic heterocycles. The van der Waals surface area contributed by atoms with E-state index >= 15 is 0 Å². The highest BCUT2D eigenvalue weighted by Gasteiger charge is 2.19. The van der Waals surface area contributed by atoms with Gasteiger partial charge in [-0.15, -0.1) is 0 Å². The van der Waals surface area contributed by atoms with E-state index in [0.717, 1.165) is 31.7 Å². The Morgan fingerprint density at radius 1 is 1.61 bits per heavy atom. The second-order valence-electron chi connectivity index (χ2n) is 4.56. The first-order chi connectivity index (χ1) is 8.58. The van der Waals surface area contributed by atoms with Gasteiger partial charge in [-0.1, -0.05) is 11.6 Å². The van der Waals surface area contributed by atoms with Crippen molar-refractivity contribution >= 4 is 17.3 Å². The summed E-state index contributed by atoms with van der Waals surface area (Å²) in [6.45, 7) is 5.79. The van der Waals surface area contributed by atoms with Crippen molar-refractivity contribution in [2.24, 2.45) is 0 Å². The fourth-order valence-corrected chi connectivity index (χ4v) is 2.35. The van der Waals surface area contributed by atoms with E-state index in [9.17, 15) is 10.1 Å². The predicted octanol–water partition coefficient (Wildman–Crippen LogP) is 2.04. The Morgan fingerprint density at radius 3 is 3.00 bits per heavy atom. The Kier molecular flexibility index (Phi) is 4.16. The smallest absolute Gasteiger partial charge is 0.270 e. The lowest BCUT2D eigenvalue weighted by atomic mass is 10.1. The zero-order valence-corrected chi connectivity index (χ0v) is 11.0. The Balaban J connectivity index is 2.11. The van der Waals surface area contributed by atoms with E-state index in [0.29, 0.717) is 11.1 Å². The summed E-state index contributed by atoms with van der Waals surface area (Å²) in [5.74, 6) is 0. The van der Waals surface area contributed by atoms with E-state index in [1.165, 1.54) is 12.1 Å². The van der Waals surface area contributed by atoms with Crippen LogP contribution in [0.5, 0.6) is 0 Å². The molecule has 98 valence electrons. The van der Waals surface area contributed by atoms with Crippen LogP contribution >= 0.6 is 11.6 Å². The minimum absolute atomic E-state index is 0.0390. The Bertz CT molecular complexity index is 453. The first-order valence-electron chi connectivity index (χ1n) is 5.95. The number of piperazine rings is 1. The molecule has 1 saturated heterocycles. The first-order valence-corrected chi connectivity index (χ1v) is 6.33. The third kappa shape index (κ3) is 2.98. The van der Waals surface area contributed by atoms with Crippen molar-refractivity contribution in [1.82, 2.24) is 10.2 Å². The SMILES string of the molecule is CC1CNCCN1Cc1ccc([N+](=O)[O-])cc1Cl. The van der Waals surface area contributed by atoms with Gasteiger partial charge in [-0.25, -0.2) is 0 Å². The van der Waals surface area contributed by atoms with E-state index in [2.05, 4.69) is 17.1 Å². The molecular formula is C12H16ClN3O2. The molecule has 1 aromatic carbocycles. The summed E-state index contributed by atoms with van der Waals surface area (Å²) in [6, 6.07) is 5.12. The van der Waals surface area contributed by atoms with Crippen LogP contribution < -0.4 is 5.32 Å². The zero-order chi connectivity index (χ0) is 13.1. The largest absolute Gasteiger partial charge is 0.314 e. The standard InChI is InChI=1S/C12H16ClN3O2/c1-9-7-14-4-5-15(9)8-10-2-3-11(16(17)18)6-12(10)13/h2-3,6,9,14H,4-5,7-8H2,1H3. The number of non-ortho nitro benzene ring substituents is 1. The third-order valence-electron chi connectivity index (χ3n) is 3.26. The molecule has 0 saturated carbocycles. The molecular weight excluding hydrogens is 254 g/mol. The molecule has 0 spiro atoms. The summed E-state index contributed by atoms with van der Waals surface area (Å²) in [5.41, 5.74) is 0.980. The first kappa shape index (κ1) is 13.3. The molecule has 1 atom stereocenters. The molecule has 1 aliphatic rings. The number of hydrogen-bond donors (Lipinski definition) is 1. The molecule has 0 bridgehead atoms. The average Bonchev–Trinajstić information content (AvgIpc) is 2.34. The van der Waals surface area contributed by atoms with Crippen molar-refractivity contribution in [2.75, 3.05) is 19.6 Å². The maximum Gasteiger partial charge on any atom is 0.270 e. The molecule has 6 heteroatoms. The van der Waals surface area contributed by atoms with Gasteiger partial charge in [-0.2, -0.15) is 0 Å². The molecule has 1 heterocycles. The third-order valence-corrected chi connectivity index (χ3v) is 3.61. The van der Waals surface area contributed by atoms with Crippen LogP contribution in [-0.4, -0.2) is 35.5 Å². The van der Waals surface area contributed by atoms with E-state index in [4.69, 9.17) is 11.6 Å². The lowest BCUT2D eigenvalue weighted by molar-refractivity contribution is -0.384. The minimum atomic E-state index is -0.427. The Morgan fingerprint density at radius 2 is 2.39 bits per heavy atom. The minimum Gasteiger partial charge on any atom is -0.314 e. The fraction of sp³-hybridized carbons (Fsp3) is 0.500. The topological polar surface area (TPSA) is 58.4 Å². The van der Waals surface area contributed by atoms with Gasteiger partial charge >= 0.3 is 0 Å². The van der Waals surface area contributed by atoms with E-state index in [1.807, 2.05) is 0 Å². The van der Waals surface area contributed by atoms with Crippen molar-refractivity contribution < 1.29 is 4.92 Å². The van der Waals surface area contributed by atoms with E-state index < -0.39 is 4.92 Å². The summed E-state index contributed by atoms with van der Waals surface area (Å²) in [4.78, 5) is 12.5. The van der Waals surface area contributed by atoms with E-state index in [-0.39, 0.29) is 5.69 Å². The summed E-state index contributed by atoms with van der Waals surface area (Å²) in [5, 5.41) is 14.4. The van der Waals surface area contributed by atoms with Crippen molar-refractivity contribution in [3.63, 3.8) is 0 Å². The molecule has 2 rings (SSSR count). The number of nitrogens with one attached hydrogen (secondary N) is 1. The molecule has 1 N–H and O–H groups in total. The van der Waals surface area contributed by atoms with Crippen molar-refractivity contribution in [2.45, 2.75) is 19.5 Å². The Hall–Kier alpha value is -1.17. The van der Waals surface area contributed by atoms with Gasteiger partial charge in [0.25, 0.3) is 5.69 Å². The average molecular weight is 270 g/mol. The monoisotopic (exact) mass is 269 g/mol. The second-order valence-corrected chi connectivity index (χ2v) is 4.96. The van der Waals surface area contributed by atoms with Gasteiger partial charge in [-0.3, -0.25) is 15.0 Å². The van der Waals surface area contributed by atoms with Crippen molar-refractivity contribution in [3.8, 4) is 0 Å². The van der Waals surface area contributed by atoms with Crippen LogP contribution in [0.3, 0.4) is 0 Å². The number of nitro benzene ring substituents is 1. The van der Waals surface area contributed by atoms with Crippen LogP contribution in [0.4, 0.5) is 5.69 Å². The molecule has 0 amide bonds. The molecule has 1 aromatic rings. The lowest BCUT2D eigenvalue weighted by Gasteiger charge is -2.34. The second kappa shape index (κ2) is 5.65. The molecule has 5 nitrogen and oxygen atoms in total. The van der Waals surface area contributed by atoms with Gasteiger partial charge < -0.3 is 5.32 Å². The molecule has 0 aromatic heterocycles. The quantitative estimate of drug-likeness (QED) is 0.674. The number of rotatable bonds is 3. The number of nitro groups is 1. The van der Waals surface area contributed by atoms with Crippen LogP contribution in [0.2, 0.25) is 5.02 Å². The van der Waals surface area contributed by atoms with Crippen LogP contribution in [0.15, 0.2) is 18.2 Å². The van der Waals surface area contributed by atoms with Gasteiger partial charge in [-0.05, 0) is 18.6 Å². The summed E-state index contributed by atoms with van der Waals surface area (Å²) in [6.07, 6.45) is 0. The number of halogens is 1. The predicted molar refractivity (Wildman–Crippen MR) is 70.8 cm³/mol. The van der Waals surface area contributed by atoms with E-state index in [1.54, 1.807) is 6.07 Å². The van der Waals surface area contributed by atoms with Crippen LogP contribution in [0, 0.1) is 10.1 Å². The van der Waals surface area contributed by atoms with Crippen LogP contribution in [0.25, 0.3) is 0 Å². The summed E-state index contributed by atoms with van der Waals surface area (Å²) in [7, 11) is 0. The fourth-order valence-electron chi connectivity index (χ4n) is 2.11. The normalized spacial score (nSPS) is 20.9. The van der Waals surface area contributed by atoms with Crippen molar-refractivity contribution in [3.05, 3.63) is 38.9 Å². The zero-order valence-electron chi connectivity index (χ0n) is 10.2. The number of nitrogens with zero attached hydrogens (tertiary/aromatic N) is 2. The van der Waals surface area contributed by atoms with Gasteiger partial charge in [0.05, 0.1) is 9.95 Å². The maximum atomic E-state index is 10.6. The van der Waals surface area contributed by atoms with Gasteiger partial charge in [0.15, 0.2) is 0 Å². The molecule has 0 aliphatic carbocycles. The molecule has 0 radical (unpaired) electrons. The lowest BCUT2D eigenvalue weighted by Crippen LogP contribution is -2.49. The highest BCUT2D eigenvalue weighted by molar-refractivity contribution is 6.31. The van der Waals surface area contributed by atoms with Gasteiger partial charge in [0, 0.05) is 44.4 Å². The maximum absolute atomic E-state index is 10.6. The molecule has 18 heavy (non-hydrogen) atoms. The van der Waals surface area contributed by atoms with Gasteiger partial charge in [0.2, 0.25) is 0 Å². The molecule has 1 unspecified atom stereocenters. The van der Waals surface area contributed by atoms with Crippen molar-refractivity contribution in [1.29, 1.82) is 0 Å². The Labute approximate surface area is 111 Å². The van der Waals surface area contributed by atoms with Crippen LogP contribution in [0.1, 0.15) is 12.5 Å². The summed E-state index contributed by atoms with van der Waals surface area (Å²) < 4.78 is 0. The number of hydrogen-bond acceptors (Lipinski definition) is 4. The van der Waals surface area contributed by atoms with Crippen LogP contribution in [-0.2, 0) is 6.54 Å². The summed E-state index contributed by atoms with van der Waals surface area (Å²) >= 11 is 6.09. The molecule has 1 fully saturated rings. The van der Waals surface area contributed by atoms with Gasteiger partial charge in [0.1, 0.15) is 0 Å². The highest BCUT2D eigenvalue weighted by Crippen LogP contribution is 2.24.